The van der Waals surface area contributed by atoms with Gasteiger partial charge in [-0.25, -0.2) is 4.79 Å². The molecule has 0 bridgehead atoms. The summed E-state index contributed by atoms with van der Waals surface area (Å²) in [5.41, 5.74) is 0.678. The van der Waals surface area contributed by atoms with Gasteiger partial charge in [0, 0.05) is 6.08 Å². The maximum absolute atomic E-state index is 10.6. The third-order valence-electron chi connectivity index (χ3n) is 1.47. The predicted molar refractivity (Wildman–Crippen MR) is 35.9 cm³/mol. The molecule has 0 unspecified atom stereocenters. The van der Waals surface area contributed by atoms with Crippen LogP contribution in [0.4, 0.5) is 0 Å². The zero-order valence-electron chi connectivity index (χ0n) is 6.03. The SMILES string of the molecule is CC1=CC(=O)O[C@H]1CC(=O)O. The fourth-order valence-corrected chi connectivity index (χ4v) is 0.907. The van der Waals surface area contributed by atoms with Crippen molar-refractivity contribution in [1.29, 1.82) is 0 Å². The number of rotatable bonds is 2. The van der Waals surface area contributed by atoms with E-state index in [9.17, 15) is 9.59 Å². The van der Waals surface area contributed by atoms with Crippen molar-refractivity contribution in [2.24, 2.45) is 0 Å². The van der Waals surface area contributed by atoms with Gasteiger partial charge in [0.15, 0.2) is 0 Å². The minimum absolute atomic E-state index is 0.145. The van der Waals surface area contributed by atoms with E-state index in [1.807, 2.05) is 0 Å². The van der Waals surface area contributed by atoms with Crippen LogP contribution in [0.1, 0.15) is 13.3 Å². The minimum Gasteiger partial charge on any atom is -0.481 e. The zero-order valence-corrected chi connectivity index (χ0v) is 6.03. The molecule has 0 aliphatic carbocycles. The number of cyclic esters (lactones) is 1. The molecule has 1 rings (SSSR count). The van der Waals surface area contributed by atoms with Crippen molar-refractivity contribution in [2.75, 3.05) is 0 Å². The third-order valence-corrected chi connectivity index (χ3v) is 1.47. The molecule has 0 amide bonds. The molecule has 1 N–H and O–H groups in total. The Kier molecular flexibility index (Phi) is 1.94. The van der Waals surface area contributed by atoms with E-state index in [0.29, 0.717) is 5.57 Å². The van der Waals surface area contributed by atoms with E-state index in [2.05, 4.69) is 4.74 Å². The summed E-state index contributed by atoms with van der Waals surface area (Å²) in [4.78, 5) is 20.7. The second kappa shape index (κ2) is 2.74. The largest absolute Gasteiger partial charge is 0.481 e. The molecule has 4 heteroatoms. The number of carbonyl (C=O) groups excluding carboxylic acids is 1. The van der Waals surface area contributed by atoms with E-state index in [1.54, 1.807) is 6.92 Å². The predicted octanol–water partition coefficient (Wildman–Crippen LogP) is 0.333. The lowest BCUT2D eigenvalue weighted by Crippen LogP contribution is -2.15. The molecule has 1 aliphatic heterocycles. The van der Waals surface area contributed by atoms with Crippen LogP contribution in [0, 0.1) is 0 Å². The number of hydrogen-bond acceptors (Lipinski definition) is 3. The van der Waals surface area contributed by atoms with Crippen molar-refractivity contribution in [3.05, 3.63) is 11.6 Å². The van der Waals surface area contributed by atoms with Crippen LogP contribution in [0.25, 0.3) is 0 Å². The highest BCUT2D eigenvalue weighted by molar-refractivity contribution is 5.86. The Morgan fingerprint density at radius 1 is 1.82 bits per heavy atom. The Morgan fingerprint density at radius 2 is 2.45 bits per heavy atom. The van der Waals surface area contributed by atoms with Crippen molar-refractivity contribution in [3.8, 4) is 0 Å². The van der Waals surface area contributed by atoms with Crippen molar-refractivity contribution < 1.29 is 19.4 Å². The molecule has 4 nitrogen and oxygen atoms in total. The first-order chi connectivity index (χ1) is 5.09. The third kappa shape index (κ3) is 1.80. The normalized spacial score (nSPS) is 22.8. The summed E-state index contributed by atoms with van der Waals surface area (Å²) >= 11 is 0. The van der Waals surface area contributed by atoms with E-state index in [4.69, 9.17) is 5.11 Å². The Morgan fingerprint density at radius 3 is 2.82 bits per heavy atom. The standard InChI is InChI=1S/C7H8O4/c1-4-2-7(10)11-5(4)3-6(8)9/h2,5H,3H2,1H3,(H,8,9)/t5-/m0/s1. The molecular weight excluding hydrogens is 148 g/mol. The Bertz CT molecular complexity index is 229. The first kappa shape index (κ1) is 7.78. The van der Waals surface area contributed by atoms with Gasteiger partial charge < -0.3 is 9.84 Å². The molecule has 0 radical (unpaired) electrons. The topological polar surface area (TPSA) is 63.6 Å². The molecular formula is C7H8O4. The van der Waals surface area contributed by atoms with E-state index < -0.39 is 18.0 Å². The fraction of sp³-hybridized carbons (Fsp3) is 0.429. The van der Waals surface area contributed by atoms with E-state index in [1.165, 1.54) is 6.08 Å². The molecule has 0 aromatic heterocycles. The van der Waals surface area contributed by atoms with Gasteiger partial charge in [0.1, 0.15) is 6.10 Å². The number of ether oxygens (including phenoxy) is 1. The number of hydrogen-bond donors (Lipinski definition) is 1. The molecule has 1 heterocycles. The monoisotopic (exact) mass is 156 g/mol. The van der Waals surface area contributed by atoms with Gasteiger partial charge in [0.05, 0.1) is 6.42 Å². The van der Waals surface area contributed by atoms with Gasteiger partial charge in [0.2, 0.25) is 0 Å². The smallest absolute Gasteiger partial charge is 0.331 e. The summed E-state index contributed by atoms with van der Waals surface area (Å²) in [6.07, 6.45) is 0.613. The molecule has 1 aliphatic rings. The molecule has 11 heavy (non-hydrogen) atoms. The molecule has 1 atom stereocenters. The summed E-state index contributed by atoms with van der Waals surface area (Å²) in [5.74, 6) is -1.41. The van der Waals surface area contributed by atoms with E-state index in [0.717, 1.165) is 0 Å². The average Bonchev–Trinajstić information content (AvgIpc) is 2.09. The fourth-order valence-electron chi connectivity index (χ4n) is 0.907. The van der Waals surface area contributed by atoms with Gasteiger partial charge >= 0.3 is 11.9 Å². The molecule has 60 valence electrons. The number of carboxylic acids is 1. The lowest BCUT2D eigenvalue weighted by molar-refractivity contribution is -0.144. The van der Waals surface area contributed by atoms with Gasteiger partial charge in [0.25, 0.3) is 0 Å². The maximum Gasteiger partial charge on any atom is 0.331 e. The Labute approximate surface area is 63.5 Å². The van der Waals surface area contributed by atoms with Gasteiger partial charge in [-0.15, -0.1) is 0 Å². The first-order valence-corrected chi connectivity index (χ1v) is 3.20. The highest BCUT2D eigenvalue weighted by Crippen LogP contribution is 2.17. The second-order valence-electron chi connectivity index (χ2n) is 2.41. The Balaban J connectivity index is 2.57. The van der Waals surface area contributed by atoms with Crippen LogP contribution >= 0.6 is 0 Å². The van der Waals surface area contributed by atoms with Crippen LogP contribution in [0.5, 0.6) is 0 Å². The molecule has 0 saturated heterocycles. The number of esters is 1. The maximum atomic E-state index is 10.6. The van der Waals surface area contributed by atoms with E-state index in [-0.39, 0.29) is 6.42 Å². The van der Waals surface area contributed by atoms with Crippen molar-refractivity contribution in [2.45, 2.75) is 19.4 Å². The summed E-state index contributed by atoms with van der Waals surface area (Å²) in [6, 6.07) is 0. The summed E-state index contributed by atoms with van der Waals surface area (Å²) in [7, 11) is 0. The van der Waals surface area contributed by atoms with Crippen LogP contribution < -0.4 is 0 Å². The zero-order chi connectivity index (χ0) is 8.43. The molecule has 0 saturated carbocycles. The van der Waals surface area contributed by atoms with Gasteiger partial charge in [-0.3, -0.25) is 4.79 Å². The lowest BCUT2D eigenvalue weighted by Gasteiger charge is -2.07. The van der Waals surface area contributed by atoms with Gasteiger partial charge in [-0.1, -0.05) is 0 Å². The molecule has 0 aromatic rings. The first-order valence-electron chi connectivity index (χ1n) is 3.20. The second-order valence-corrected chi connectivity index (χ2v) is 2.41. The van der Waals surface area contributed by atoms with Crippen LogP contribution in [-0.2, 0) is 14.3 Å². The van der Waals surface area contributed by atoms with E-state index >= 15 is 0 Å². The highest BCUT2D eigenvalue weighted by Gasteiger charge is 2.24. The average molecular weight is 156 g/mol. The van der Waals surface area contributed by atoms with Gasteiger partial charge in [-0.2, -0.15) is 0 Å². The number of carbonyl (C=O) groups is 2. The number of carboxylic acid groups (broad SMARTS) is 1. The summed E-state index contributed by atoms with van der Waals surface area (Å²) in [6.45, 7) is 1.68. The van der Waals surface area contributed by atoms with Gasteiger partial charge in [-0.05, 0) is 12.5 Å². The summed E-state index contributed by atoms with van der Waals surface area (Å²) < 4.78 is 4.67. The van der Waals surface area contributed by atoms with Crippen molar-refractivity contribution >= 4 is 11.9 Å². The highest BCUT2D eigenvalue weighted by atomic mass is 16.5. The van der Waals surface area contributed by atoms with Crippen molar-refractivity contribution in [1.82, 2.24) is 0 Å². The van der Waals surface area contributed by atoms with Crippen molar-refractivity contribution in [3.63, 3.8) is 0 Å². The molecule has 0 aromatic carbocycles. The quantitative estimate of drug-likeness (QED) is 0.585. The van der Waals surface area contributed by atoms with Crippen LogP contribution in [0.2, 0.25) is 0 Å². The number of aliphatic carboxylic acids is 1. The Hall–Kier alpha value is -1.32. The lowest BCUT2D eigenvalue weighted by atomic mass is 10.1. The minimum atomic E-state index is -0.961. The molecule has 0 spiro atoms. The van der Waals surface area contributed by atoms with Crippen LogP contribution in [0.15, 0.2) is 11.6 Å². The van der Waals surface area contributed by atoms with Crippen LogP contribution in [-0.4, -0.2) is 23.1 Å². The molecule has 0 fully saturated rings. The summed E-state index contributed by atoms with van der Waals surface area (Å²) in [5, 5.41) is 8.36. The van der Waals surface area contributed by atoms with Crippen LogP contribution in [0.3, 0.4) is 0 Å².